The highest BCUT2D eigenvalue weighted by Crippen LogP contribution is 2.32. The number of carbonyl (C=O) groups excluding carboxylic acids is 2. The highest BCUT2D eigenvalue weighted by atomic mass is 35.5. The van der Waals surface area contributed by atoms with Crippen molar-refractivity contribution >= 4 is 23.5 Å². The molecule has 0 saturated carbocycles. The van der Waals surface area contributed by atoms with Crippen LogP contribution in [0.4, 0.5) is 4.79 Å². The molecule has 3 amide bonds. The summed E-state index contributed by atoms with van der Waals surface area (Å²) in [7, 11) is 1.54. The van der Waals surface area contributed by atoms with E-state index in [1.807, 2.05) is 25.1 Å². The van der Waals surface area contributed by atoms with Crippen LogP contribution in [0, 0.1) is 5.92 Å². The third-order valence-electron chi connectivity index (χ3n) is 5.40. The molecule has 0 unspecified atom stereocenters. The first-order valence-corrected chi connectivity index (χ1v) is 8.85. The number of likely N-dealkylation sites (N-methyl/N-ethyl adjacent to an activating group) is 1. The first-order valence-electron chi connectivity index (χ1n) is 8.48. The zero-order valence-corrected chi connectivity index (χ0v) is 15.0. The van der Waals surface area contributed by atoms with Gasteiger partial charge in [0.1, 0.15) is 5.54 Å². The second-order valence-corrected chi connectivity index (χ2v) is 7.39. The Morgan fingerprint density at radius 1 is 1.33 bits per heavy atom. The number of amides is 3. The van der Waals surface area contributed by atoms with Crippen LogP contribution in [-0.2, 0) is 11.2 Å². The lowest BCUT2D eigenvalue weighted by Gasteiger charge is -2.39. The van der Waals surface area contributed by atoms with E-state index >= 15 is 0 Å². The fourth-order valence-corrected chi connectivity index (χ4v) is 4.02. The number of urea groups is 1. The quantitative estimate of drug-likeness (QED) is 0.850. The molecule has 2 atom stereocenters. The highest BCUT2D eigenvalue weighted by molar-refractivity contribution is 6.31. The predicted molar refractivity (Wildman–Crippen MR) is 94.0 cm³/mol. The Hall–Kier alpha value is -1.59. The molecule has 2 aliphatic rings. The zero-order valence-electron chi connectivity index (χ0n) is 14.2. The van der Waals surface area contributed by atoms with Gasteiger partial charge in [-0.3, -0.25) is 9.69 Å². The molecular weight excluding hydrogens is 326 g/mol. The summed E-state index contributed by atoms with van der Waals surface area (Å²) in [6.45, 7) is 4.61. The summed E-state index contributed by atoms with van der Waals surface area (Å²) < 4.78 is 0. The summed E-state index contributed by atoms with van der Waals surface area (Å²) in [5.41, 5.74) is 0.368. The molecule has 3 rings (SSSR count). The van der Waals surface area contributed by atoms with Gasteiger partial charge in [0, 0.05) is 31.1 Å². The number of nitrogens with one attached hydrogen (secondary N) is 1. The fourth-order valence-electron chi connectivity index (χ4n) is 3.79. The van der Waals surface area contributed by atoms with E-state index in [1.54, 1.807) is 7.05 Å². The lowest BCUT2D eigenvalue weighted by atomic mass is 9.80. The smallest absolute Gasteiger partial charge is 0.323 e. The topological polar surface area (TPSA) is 52.7 Å². The van der Waals surface area contributed by atoms with Crippen LogP contribution in [0.15, 0.2) is 24.3 Å². The van der Waals surface area contributed by atoms with E-state index in [0.717, 1.165) is 49.5 Å². The van der Waals surface area contributed by atoms with Gasteiger partial charge < -0.3 is 10.2 Å². The molecule has 2 heterocycles. The van der Waals surface area contributed by atoms with Crippen LogP contribution in [0.5, 0.6) is 0 Å². The van der Waals surface area contributed by atoms with Crippen LogP contribution in [0.2, 0.25) is 5.02 Å². The molecule has 5 nitrogen and oxygen atoms in total. The van der Waals surface area contributed by atoms with Gasteiger partial charge in [0.25, 0.3) is 5.91 Å². The van der Waals surface area contributed by atoms with Gasteiger partial charge in [-0.1, -0.05) is 29.8 Å². The van der Waals surface area contributed by atoms with Crippen LogP contribution >= 0.6 is 11.6 Å². The molecule has 0 aromatic heterocycles. The highest BCUT2D eigenvalue weighted by Gasteiger charge is 2.51. The Morgan fingerprint density at radius 2 is 2.08 bits per heavy atom. The maximum Gasteiger partial charge on any atom is 0.324 e. The van der Waals surface area contributed by atoms with E-state index in [1.165, 1.54) is 4.90 Å². The number of carbonyl (C=O) groups is 2. The van der Waals surface area contributed by atoms with Crippen molar-refractivity contribution in [2.75, 3.05) is 26.7 Å². The molecule has 2 saturated heterocycles. The molecule has 0 bridgehead atoms. The average molecular weight is 350 g/mol. The zero-order chi connectivity index (χ0) is 17.3. The second-order valence-electron chi connectivity index (χ2n) is 6.98. The SMILES string of the molecule is CN1C(=O)N[C@@](C)([C@@H]2CCCN(CCc3ccccc3Cl)C2)C1=O. The molecule has 0 radical (unpaired) electrons. The Balaban J connectivity index is 1.64. The molecule has 0 aliphatic carbocycles. The summed E-state index contributed by atoms with van der Waals surface area (Å²) in [4.78, 5) is 27.9. The normalized spacial score (nSPS) is 28.3. The van der Waals surface area contributed by atoms with Crippen LogP contribution in [0.3, 0.4) is 0 Å². The third kappa shape index (κ3) is 3.15. The number of rotatable bonds is 4. The average Bonchev–Trinajstić information content (AvgIpc) is 2.78. The monoisotopic (exact) mass is 349 g/mol. The van der Waals surface area contributed by atoms with E-state index in [4.69, 9.17) is 11.6 Å². The number of hydrogen-bond donors (Lipinski definition) is 1. The fraction of sp³-hybridized carbons (Fsp3) is 0.556. The number of piperidine rings is 1. The number of benzene rings is 1. The molecule has 6 heteroatoms. The lowest BCUT2D eigenvalue weighted by Crippen LogP contribution is -2.55. The summed E-state index contributed by atoms with van der Waals surface area (Å²) in [6, 6.07) is 7.62. The standard InChI is InChI=1S/C18H24ClN3O2/c1-18(16(23)21(2)17(24)20-18)14-7-5-10-22(12-14)11-9-13-6-3-4-8-15(13)19/h3-4,6,8,14H,5,7,9-12H2,1-2H3,(H,20,24)/t14-,18+/m1/s1. The van der Waals surface area contributed by atoms with Gasteiger partial charge in [-0.15, -0.1) is 0 Å². The Bertz CT molecular complexity index is 651. The second kappa shape index (κ2) is 6.73. The summed E-state index contributed by atoms with van der Waals surface area (Å²) in [5.74, 6) is 0.0179. The van der Waals surface area contributed by atoms with Crippen molar-refractivity contribution in [3.63, 3.8) is 0 Å². The number of imide groups is 1. The molecule has 1 aromatic carbocycles. The van der Waals surface area contributed by atoms with Gasteiger partial charge in [0.15, 0.2) is 0 Å². The van der Waals surface area contributed by atoms with Gasteiger partial charge in [0.05, 0.1) is 0 Å². The van der Waals surface area contributed by atoms with E-state index < -0.39 is 5.54 Å². The van der Waals surface area contributed by atoms with Crippen molar-refractivity contribution < 1.29 is 9.59 Å². The molecule has 1 N–H and O–H groups in total. The van der Waals surface area contributed by atoms with E-state index in [-0.39, 0.29) is 17.9 Å². The van der Waals surface area contributed by atoms with Gasteiger partial charge >= 0.3 is 6.03 Å². The molecule has 24 heavy (non-hydrogen) atoms. The first kappa shape index (κ1) is 17.2. The van der Waals surface area contributed by atoms with E-state index in [9.17, 15) is 9.59 Å². The maximum atomic E-state index is 12.5. The largest absolute Gasteiger partial charge is 0.324 e. The van der Waals surface area contributed by atoms with Crippen molar-refractivity contribution in [2.24, 2.45) is 5.92 Å². The Labute approximate surface area is 147 Å². The van der Waals surface area contributed by atoms with Crippen molar-refractivity contribution in [1.29, 1.82) is 0 Å². The van der Waals surface area contributed by atoms with Crippen LogP contribution in [-0.4, -0.2) is 54.0 Å². The van der Waals surface area contributed by atoms with Crippen LogP contribution in [0.25, 0.3) is 0 Å². The summed E-state index contributed by atoms with van der Waals surface area (Å²) in [6.07, 6.45) is 2.89. The third-order valence-corrected chi connectivity index (χ3v) is 5.77. The van der Waals surface area contributed by atoms with Crippen LogP contribution < -0.4 is 5.32 Å². The lowest BCUT2D eigenvalue weighted by molar-refractivity contribution is -0.132. The van der Waals surface area contributed by atoms with Gasteiger partial charge in [0.2, 0.25) is 0 Å². The number of hydrogen-bond acceptors (Lipinski definition) is 3. The molecule has 2 aliphatic heterocycles. The predicted octanol–water partition coefficient (Wildman–Crippen LogP) is 2.53. The van der Waals surface area contributed by atoms with Crippen molar-refractivity contribution in [2.45, 2.75) is 31.7 Å². The van der Waals surface area contributed by atoms with Gasteiger partial charge in [-0.05, 0) is 44.4 Å². The van der Waals surface area contributed by atoms with Gasteiger partial charge in [-0.2, -0.15) is 0 Å². The molecular formula is C18H24ClN3O2. The molecule has 2 fully saturated rings. The van der Waals surface area contributed by atoms with E-state index in [0.29, 0.717) is 0 Å². The molecule has 0 spiro atoms. The van der Waals surface area contributed by atoms with Gasteiger partial charge in [-0.25, -0.2) is 4.79 Å². The minimum absolute atomic E-state index is 0.120. The van der Waals surface area contributed by atoms with Crippen molar-refractivity contribution in [3.05, 3.63) is 34.9 Å². The summed E-state index contributed by atoms with van der Waals surface area (Å²) >= 11 is 6.23. The summed E-state index contributed by atoms with van der Waals surface area (Å²) in [5, 5.41) is 3.70. The first-order chi connectivity index (χ1) is 11.4. The molecule has 1 aromatic rings. The van der Waals surface area contributed by atoms with Crippen molar-refractivity contribution in [3.8, 4) is 0 Å². The minimum atomic E-state index is -0.783. The Kier molecular flexibility index (Phi) is 4.83. The minimum Gasteiger partial charge on any atom is -0.323 e. The number of likely N-dealkylation sites (tertiary alicyclic amines) is 1. The maximum absolute atomic E-state index is 12.5. The number of halogens is 1. The Morgan fingerprint density at radius 3 is 2.75 bits per heavy atom. The van der Waals surface area contributed by atoms with Crippen LogP contribution in [0.1, 0.15) is 25.3 Å². The van der Waals surface area contributed by atoms with E-state index in [2.05, 4.69) is 16.3 Å². The molecule has 130 valence electrons. The number of nitrogens with zero attached hydrogens (tertiary/aromatic N) is 2. The van der Waals surface area contributed by atoms with Crippen molar-refractivity contribution in [1.82, 2.24) is 15.1 Å².